The summed E-state index contributed by atoms with van der Waals surface area (Å²) in [6.07, 6.45) is 0. The van der Waals surface area contributed by atoms with Gasteiger partial charge in [0.2, 0.25) is 6.79 Å². The number of esters is 1. The number of fused-ring (bicyclic) bond motifs is 1. The van der Waals surface area contributed by atoms with E-state index in [1.807, 2.05) is 13.8 Å². The Morgan fingerprint density at radius 3 is 2.69 bits per heavy atom. The third kappa shape index (κ3) is 3.38. The second kappa shape index (κ2) is 7.19. The first kappa shape index (κ1) is 18.6. The van der Waals surface area contributed by atoms with Crippen molar-refractivity contribution in [2.75, 3.05) is 20.4 Å². The first-order chi connectivity index (χ1) is 12.3. The van der Waals surface area contributed by atoms with E-state index in [0.717, 1.165) is 0 Å². The molecule has 0 radical (unpaired) electrons. The van der Waals surface area contributed by atoms with Gasteiger partial charge in [0, 0.05) is 17.2 Å². The van der Waals surface area contributed by atoms with E-state index >= 15 is 0 Å². The van der Waals surface area contributed by atoms with Crippen LogP contribution in [0.15, 0.2) is 27.9 Å². The molecular weight excluding hydrogens is 404 g/mol. The van der Waals surface area contributed by atoms with Crippen LogP contribution in [0, 0.1) is 5.92 Å². The molecular formula is C18H21BrN2O5. The van der Waals surface area contributed by atoms with Gasteiger partial charge in [0.05, 0.1) is 18.2 Å². The molecule has 2 aliphatic heterocycles. The third-order valence-electron chi connectivity index (χ3n) is 4.32. The highest BCUT2D eigenvalue weighted by atomic mass is 79.9. The summed E-state index contributed by atoms with van der Waals surface area (Å²) in [5.74, 6) is 0.956. The van der Waals surface area contributed by atoms with Gasteiger partial charge in [-0.25, -0.2) is 9.59 Å². The summed E-state index contributed by atoms with van der Waals surface area (Å²) >= 11 is 3.50. The molecule has 1 N–H and O–H groups in total. The Labute approximate surface area is 160 Å². The number of urea groups is 1. The van der Waals surface area contributed by atoms with Crippen LogP contribution in [0.3, 0.4) is 0 Å². The number of halogens is 1. The van der Waals surface area contributed by atoms with Gasteiger partial charge < -0.3 is 24.4 Å². The van der Waals surface area contributed by atoms with Gasteiger partial charge in [-0.15, -0.1) is 0 Å². The van der Waals surface area contributed by atoms with Crippen LogP contribution in [0.5, 0.6) is 11.5 Å². The van der Waals surface area contributed by atoms with E-state index in [9.17, 15) is 9.59 Å². The minimum atomic E-state index is -0.651. The van der Waals surface area contributed by atoms with Crippen molar-refractivity contribution in [3.8, 4) is 11.5 Å². The van der Waals surface area contributed by atoms with Crippen LogP contribution in [0.2, 0.25) is 0 Å². The monoisotopic (exact) mass is 424 g/mol. The van der Waals surface area contributed by atoms with Crippen molar-refractivity contribution in [3.05, 3.63) is 33.4 Å². The number of rotatable bonds is 4. The highest BCUT2D eigenvalue weighted by Crippen LogP contribution is 2.42. The number of carbonyl (C=O) groups is 2. The molecule has 2 heterocycles. The summed E-state index contributed by atoms with van der Waals surface area (Å²) < 4.78 is 16.9. The molecule has 140 valence electrons. The summed E-state index contributed by atoms with van der Waals surface area (Å²) in [5.41, 5.74) is 1.65. The van der Waals surface area contributed by atoms with E-state index in [1.165, 1.54) is 4.90 Å². The molecule has 1 aromatic rings. The molecule has 0 spiro atoms. The fraction of sp³-hybridized carbons (Fsp3) is 0.444. The van der Waals surface area contributed by atoms with Crippen LogP contribution in [0.1, 0.15) is 32.4 Å². The SMILES string of the molecule is CC1=C(C(=O)OCC(C)C)[C@H](c2cc3c(cc2Br)OCO3)NC(=O)N1C. The average Bonchev–Trinajstić information content (AvgIpc) is 3.03. The molecule has 0 unspecified atom stereocenters. The second-order valence-corrected chi connectivity index (χ2v) is 7.51. The lowest BCUT2D eigenvalue weighted by molar-refractivity contribution is -0.140. The molecule has 2 amide bonds. The van der Waals surface area contributed by atoms with E-state index in [0.29, 0.717) is 39.4 Å². The fourth-order valence-corrected chi connectivity index (χ4v) is 3.36. The number of carbonyl (C=O) groups excluding carboxylic acids is 2. The molecule has 1 atom stereocenters. The number of hydrogen-bond donors (Lipinski definition) is 1. The van der Waals surface area contributed by atoms with Gasteiger partial charge in [-0.05, 0) is 30.5 Å². The zero-order chi connectivity index (χ0) is 19.0. The normalized spacial score (nSPS) is 19.1. The number of nitrogens with zero attached hydrogens (tertiary/aromatic N) is 1. The van der Waals surface area contributed by atoms with Crippen molar-refractivity contribution >= 4 is 27.9 Å². The number of nitrogens with one attached hydrogen (secondary N) is 1. The van der Waals surface area contributed by atoms with E-state index in [2.05, 4.69) is 21.2 Å². The van der Waals surface area contributed by atoms with Crippen molar-refractivity contribution in [1.29, 1.82) is 0 Å². The van der Waals surface area contributed by atoms with Crippen molar-refractivity contribution < 1.29 is 23.8 Å². The largest absolute Gasteiger partial charge is 0.462 e. The molecule has 0 bridgehead atoms. The maximum atomic E-state index is 12.8. The standard InChI is InChI=1S/C18H21BrN2O5/c1-9(2)7-24-17(22)15-10(3)21(4)18(23)20-16(15)11-5-13-14(6-12(11)19)26-8-25-13/h5-6,9,16H,7-8H2,1-4H3,(H,20,23)/t16-/m0/s1. The van der Waals surface area contributed by atoms with Crippen molar-refractivity contribution in [2.45, 2.75) is 26.8 Å². The summed E-state index contributed by atoms with van der Waals surface area (Å²) in [6, 6.07) is 2.60. The molecule has 0 aromatic heterocycles. The molecule has 0 aliphatic carbocycles. The minimum absolute atomic E-state index is 0.142. The van der Waals surface area contributed by atoms with Gasteiger partial charge in [0.15, 0.2) is 11.5 Å². The maximum absolute atomic E-state index is 12.8. The molecule has 0 saturated carbocycles. The topological polar surface area (TPSA) is 77.1 Å². The zero-order valence-corrected chi connectivity index (χ0v) is 16.7. The lowest BCUT2D eigenvalue weighted by Gasteiger charge is -2.33. The van der Waals surface area contributed by atoms with Gasteiger partial charge in [-0.3, -0.25) is 0 Å². The number of allylic oxidation sites excluding steroid dienone is 1. The highest BCUT2D eigenvalue weighted by Gasteiger charge is 2.37. The van der Waals surface area contributed by atoms with Crippen LogP contribution < -0.4 is 14.8 Å². The quantitative estimate of drug-likeness (QED) is 0.749. The molecule has 7 nitrogen and oxygen atoms in total. The first-order valence-corrected chi connectivity index (χ1v) is 9.10. The fourth-order valence-electron chi connectivity index (χ4n) is 2.81. The Hall–Kier alpha value is -2.22. The van der Waals surface area contributed by atoms with E-state index in [-0.39, 0.29) is 18.7 Å². The van der Waals surface area contributed by atoms with Crippen molar-refractivity contribution in [2.24, 2.45) is 5.92 Å². The van der Waals surface area contributed by atoms with Gasteiger partial charge in [0.1, 0.15) is 0 Å². The lowest BCUT2D eigenvalue weighted by atomic mass is 9.94. The minimum Gasteiger partial charge on any atom is -0.462 e. The molecule has 3 rings (SSSR count). The summed E-state index contributed by atoms with van der Waals surface area (Å²) in [5, 5.41) is 2.87. The van der Waals surface area contributed by atoms with Crippen molar-refractivity contribution in [1.82, 2.24) is 10.2 Å². The molecule has 26 heavy (non-hydrogen) atoms. The van der Waals surface area contributed by atoms with Crippen LogP contribution in [-0.4, -0.2) is 37.3 Å². The zero-order valence-electron chi connectivity index (χ0n) is 15.1. The summed E-state index contributed by atoms with van der Waals surface area (Å²) in [7, 11) is 1.62. The Morgan fingerprint density at radius 1 is 1.38 bits per heavy atom. The Morgan fingerprint density at radius 2 is 2.04 bits per heavy atom. The predicted octanol–water partition coefficient (Wildman–Crippen LogP) is 3.35. The average molecular weight is 425 g/mol. The van der Waals surface area contributed by atoms with Gasteiger partial charge in [-0.2, -0.15) is 0 Å². The Kier molecular flexibility index (Phi) is 5.13. The second-order valence-electron chi connectivity index (χ2n) is 6.66. The highest BCUT2D eigenvalue weighted by molar-refractivity contribution is 9.10. The molecule has 0 saturated heterocycles. The molecule has 1 aromatic carbocycles. The van der Waals surface area contributed by atoms with Crippen LogP contribution >= 0.6 is 15.9 Å². The number of benzene rings is 1. The van der Waals surface area contributed by atoms with E-state index < -0.39 is 12.0 Å². The van der Waals surface area contributed by atoms with Gasteiger partial charge in [-0.1, -0.05) is 29.8 Å². The van der Waals surface area contributed by atoms with Gasteiger partial charge >= 0.3 is 12.0 Å². The van der Waals surface area contributed by atoms with E-state index in [1.54, 1.807) is 26.1 Å². The van der Waals surface area contributed by atoms with E-state index in [4.69, 9.17) is 14.2 Å². The van der Waals surface area contributed by atoms with Crippen LogP contribution in [-0.2, 0) is 9.53 Å². The number of amides is 2. The molecule has 2 aliphatic rings. The Bertz CT molecular complexity index is 790. The van der Waals surface area contributed by atoms with Crippen LogP contribution in [0.25, 0.3) is 0 Å². The Balaban J connectivity index is 2.03. The van der Waals surface area contributed by atoms with Crippen molar-refractivity contribution in [3.63, 3.8) is 0 Å². The summed E-state index contributed by atoms with van der Waals surface area (Å²) in [6.45, 7) is 6.12. The first-order valence-electron chi connectivity index (χ1n) is 8.30. The molecule has 8 heteroatoms. The summed E-state index contributed by atoms with van der Waals surface area (Å²) in [4.78, 5) is 26.5. The third-order valence-corrected chi connectivity index (χ3v) is 5.01. The molecule has 0 fully saturated rings. The number of ether oxygens (including phenoxy) is 3. The maximum Gasteiger partial charge on any atom is 0.338 e. The smallest absolute Gasteiger partial charge is 0.338 e. The lowest BCUT2D eigenvalue weighted by Crippen LogP contribution is -2.46. The number of hydrogen-bond acceptors (Lipinski definition) is 5. The van der Waals surface area contributed by atoms with Crippen LogP contribution in [0.4, 0.5) is 4.79 Å². The van der Waals surface area contributed by atoms with Gasteiger partial charge in [0.25, 0.3) is 0 Å². The predicted molar refractivity (Wildman–Crippen MR) is 97.8 cm³/mol.